The number of ether oxygens (including phenoxy) is 1. The Morgan fingerprint density at radius 3 is 2.69 bits per heavy atom. The summed E-state index contributed by atoms with van der Waals surface area (Å²) in [6, 6.07) is 9.06. The first-order valence-electron chi connectivity index (χ1n) is 10.4. The van der Waals surface area contributed by atoms with Crippen molar-refractivity contribution in [3.8, 4) is 5.75 Å². The van der Waals surface area contributed by atoms with E-state index in [2.05, 4.69) is 10.0 Å². The number of para-hydroxylation sites is 1. The molecule has 0 bridgehead atoms. The molecule has 10 heteroatoms. The van der Waals surface area contributed by atoms with Crippen molar-refractivity contribution in [1.29, 1.82) is 0 Å². The van der Waals surface area contributed by atoms with Gasteiger partial charge in [0.05, 0.1) is 12.3 Å². The second-order valence-corrected chi connectivity index (χ2v) is 9.68. The fourth-order valence-corrected chi connectivity index (χ4v) is 5.73. The van der Waals surface area contributed by atoms with E-state index in [1.54, 1.807) is 24.3 Å². The van der Waals surface area contributed by atoms with E-state index in [1.165, 1.54) is 11.0 Å². The van der Waals surface area contributed by atoms with Crippen molar-refractivity contribution in [2.24, 2.45) is 0 Å². The Labute approximate surface area is 184 Å². The summed E-state index contributed by atoms with van der Waals surface area (Å²) in [5.41, 5.74) is 1.95. The van der Waals surface area contributed by atoms with Gasteiger partial charge in [-0.15, -0.1) is 0 Å². The number of nitrogens with one attached hydrogen (secondary N) is 2. The molecule has 2 aromatic rings. The Kier molecular flexibility index (Phi) is 4.89. The molecular weight excluding hydrogens is 434 g/mol. The molecule has 1 atom stereocenters. The highest BCUT2D eigenvalue weighted by Crippen LogP contribution is 2.36. The number of hydrogen-bond donors (Lipinski definition) is 2. The number of imide groups is 1. The van der Waals surface area contributed by atoms with Crippen molar-refractivity contribution < 1.29 is 27.5 Å². The number of carbonyl (C=O) groups excluding carboxylic acids is 3. The van der Waals surface area contributed by atoms with Gasteiger partial charge in [-0.3, -0.25) is 24.4 Å². The van der Waals surface area contributed by atoms with E-state index in [0.717, 1.165) is 18.4 Å². The number of sulfonamides is 1. The third kappa shape index (κ3) is 3.40. The predicted octanol–water partition coefficient (Wildman–Crippen LogP) is 1.57. The molecule has 9 nitrogen and oxygen atoms in total. The molecular formula is C22H21N3O6S. The average molecular weight is 455 g/mol. The number of rotatable bonds is 4. The van der Waals surface area contributed by atoms with Gasteiger partial charge < -0.3 is 9.64 Å². The third-order valence-electron chi connectivity index (χ3n) is 6.01. The van der Waals surface area contributed by atoms with Crippen LogP contribution >= 0.6 is 0 Å². The lowest BCUT2D eigenvalue weighted by atomic mass is 10.0. The van der Waals surface area contributed by atoms with Gasteiger partial charge in [-0.25, -0.2) is 8.42 Å². The molecule has 0 radical (unpaired) electrons. The zero-order valence-corrected chi connectivity index (χ0v) is 17.9. The number of aryl methyl sites for hydroxylation is 1. The Hall–Kier alpha value is -3.40. The maximum absolute atomic E-state index is 13.2. The predicted molar refractivity (Wildman–Crippen MR) is 114 cm³/mol. The summed E-state index contributed by atoms with van der Waals surface area (Å²) in [6.07, 6.45) is 1.96. The SMILES string of the molecule is O=C1CCC(N2Cc3c(NS(=O)(=O)c4cccc5c4OCCC5)cccc3C2=O)C(=O)N1. The molecule has 32 heavy (non-hydrogen) atoms. The van der Waals surface area contributed by atoms with E-state index in [1.807, 2.05) is 6.07 Å². The molecule has 1 unspecified atom stereocenters. The van der Waals surface area contributed by atoms with Gasteiger partial charge in [0.25, 0.3) is 15.9 Å². The van der Waals surface area contributed by atoms with Crippen LogP contribution in [0, 0.1) is 0 Å². The van der Waals surface area contributed by atoms with Crippen LogP contribution in [-0.2, 0) is 32.6 Å². The van der Waals surface area contributed by atoms with E-state index in [4.69, 9.17) is 4.74 Å². The summed E-state index contributed by atoms with van der Waals surface area (Å²) in [5, 5.41) is 2.26. The number of anilines is 1. The van der Waals surface area contributed by atoms with Gasteiger partial charge in [-0.05, 0) is 43.0 Å². The maximum atomic E-state index is 13.2. The van der Waals surface area contributed by atoms with Crippen LogP contribution in [0.25, 0.3) is 0 Å². The molecule has 5 rings (SSSR count). The van der Waals surface area contributed by atoms with Gasteiger partial charge in [0.1, 0.15) is 16.7 Å². The topological polar surface area (TPSA) is 122 Å². The van der Waals surface area contributed by atoms with Crippen LogP contribution in [0.4, 0.5) is 5.69 Å². The normalized spacial score (nSPS) is 20.3. The fraction of sp³-hybridized carbons (Fsp3) is 0.318. The minimum Gasteiger partial charge on any atom is -0.492 e. The molecule has 166 valence electrons. The summed E-state index contributed by atoms with van der Waals surface area (Å²) in [4.78, 5) is 38.1. The summed E-state index contributed by atoms with van der Waals surface area (Å²) >= 11 is 0. The van der Waals surface area contributed by atoms with Crippen molar-refractivity contribution in [3.05, 3.63) is 53.1 Å². The minimum absolute atomic E-state index is 0.0543. The molecule has 0 aromatic heterocycles. The fourth-order valence-electron chi connectivity index (χ4n) is 4.45. The first-order chi connectivity index (χ1) is 15.3. The van der Waals surface area contributed by atoms with Crippen LogP contribution in [0.5, 0.6) is 5.75 Å². The van der Waals surface area contributed by atoms with Crippen LogP contribution in [-0.4, -0.2) is 43.7 Å². The lowest BCUT2D eigenvalue weighted by Gasteiger charge is -2.29. The molecule has 0 saturated carbocycles. The highest BCUT2D eigenvalue weighted by atomic mass is 32.2. The molecule has 0 aliphatic carbocycles. The lowest BCUT2D eigenvalue weighted by Crippen LogP contribution is -2.52. The number of amides is 3. The number of nitrogens with zero attached hydrogens (tertiary/aromatic N) is 1. The minimum atomic E-state index is -3.98. The van der Waals surface area contributed by atoms with E-state index < -0.39 is 22.0 Å². The van der Waals surface area contributed by atoms with Crippen molar-refractivity contribution in [2.45, 2.75) is 43.2 Å². The molecule has 1 fully saturated rings. The molecule has 2 N–H and O–H groups in total. The van der Waals surface area contributed by atoms with Gasteiger partial charge in [-0.1, -0.05) is 18.2 Å². The Balaban J connectivity index is 1.46. The third-order valence-corrected chi connectivity index (χ3v) is 7.40. The molecule has 2 aromatic carbocycles. The summed E-state index contributed by atoms with van der Waals surface area (Å²) in [6.45, 7) is 0.526. The van der Waals surface area contributed by atoms with Crippen LogP contribution in [0.3, 0.4) is 0 Å². The van der Waals surface area contributed by atoms with Gasteiger partial charge in [0.15, 0.2) is 0 Å². The Bertz CT molecular complexity index is 1260. The number of carbonyl (C=O) groups is 3. The second-order valence-electron chi connectivity index (χ2n) is 8.03. The standard InChI is InChI=1S/C22H21N3O6S/c26-19-10-9-17(21(27)23-19)25-12-15-14(22(25)28)6-2-7-16(15)24-32(29,30)18-8-1-4-13-5-3-11-31-20(13)18/h1-2,4,6-8,17,24H,3,5,9-12H2,(H,23,26,27). The molecule has 1 saturated heterocycles. The maximum Gasteiger partial charge on any atom is 0.265 e. The van der Waals surface area contributed by atoms with Crippen molar-refractivity contribution >= 4 is 33.4 Å². The van der Waals surface area contributed by atoms with E-state index in [-0.39, 0.29) is 41.8 Å². The highest BCUT2D eigenvalue weighted by Gasteiger charge is 2.40. The number of fused-ring (bicyclic) bond motifs is 2. The molecule has 3 aliphatic rings. The zero-order valence-electron chi connectivity index (χ0n) is 17.1. The lowest BCUT2D eigenvalue weighted by molar-refractivity contribution is -0.136. The van der Waals surface area contributed by atoms with Crippen molar-refractivity contribution in [1.82, 2.24) is 10.2 Å². The van der Waals surface area contributed by atoms with Crippen LogP contribution in [0.2, 0.25) is 0 Å². The van der Waals surface area contributed by atoms with Crippen LogP contribution < -0.4 is 14.8 Å². The van der Waals surface area contributed by atoms with Gasteiger partial charge in [-0.2, -0.15) is 0 Å². The largest absolute Gasteiger partial charge is 0.492 e. The Morgan fingerprint density at radius 2 is 1.88 bits per heavy atom. The van der Waals surface area contributed by atoms with Crippen molar-refractivity contribution in [3.63, 3.8) is 0 Å². The first-order valence-corrected chi connectivity index (χ1v) is 11.9. The van der Waals surface area contributed by atoms with Crippen LogP contribution in [0.1, 0.15) is 40.7 Å². The summed E-state index contributed by atoms with van der Waals surface area (Å²) in [7, 11) is -3.98. The van der Waals surface area contributed by atoms with E-state index in [9.17, 15) is 22.8 Å². The Morgan fingerprint density at radius 1 is 1.06 bits per heavy atom. The number of hydrogen-bond acceptors (Lipinski definition) is 6. The number of piperidine rings is 1. The second kappa shape index (κ2) is 7.63. The summed E-state index contributed by atoms with van der Waals surface area (Å²) in [5.74, 6) is -0.883. The molecule has 3 aliphatic heterocycles. The quantitative estimate of drug-likeness (QED) is 0.675. The van der Waals surface area contributed by atoms with Gasteiger partial charge >= 0.3 is 0 Å². The monoisotopic (exact) mass is 455 g/mol. The van der Waals surface area contributed by atoms with E-state index >= 15 is 0 Å². The summed E-state index contributed by atoms with van der Waals surface area (Å²) < 4.78 is 34.7. The molecule has 3 heterocycles. The van der Waals surface area contributed by atoms with Crippen LogP contribution in [0.15, 0.2) is 41.3 Å². The van der Waals surface area contributed by atoms with Crippen molar-refractivity contribution in [2.75, 3.05) is 11.3 Å². The average Bonchev–Trinajstić information content (AvgIpc) is 3.10. The molecule has 3 amide bonds. The number of benzene rings is 2. The van der Waals surface area contributed by atoms with Gasteiger partial charge in [0, 0.05) is 24.1 Å². The van der Waals surface area contributed by atoms with E-state index in [0.29, 0.717) is 23.5 Å². The highest BCUT2D eigenvalue weighted by molar-refractivity contribution is 7.92. The van der Waals surface area contributed by atoms with Gasteiger partial charge in [0.2, 0.25) is 11.8 Å². The first kappa shape index (κ1) is 20.5. The zero-order chi connectivity index (χ0) is 22.5. The molecule has 0 spiro atoms. The smallest absolute Gasteiger partial charge is 0.265 e.